The summed E-state index contributed by atoms with van der Waals surface area (Å²) in [4.78, 5) is 0. The second-order valence-corrected chi connectivity index (χ2v) is 4.62. The largest absolute Gasteiger partial charge is 0.390 e. The molecular weight excluding hydrogens is 152 g/mol. The highest BCUT2D eigenvalue weighted by Crippen LogP contribution is 2.24. The fourth-order valence-electron chi connectivity index (χ4n) is 1.67. The second-order valence-electron chi connectivity index (χ2n) is 4.62. The molecule has 1 aliphatic carbocycles. The smallest absolute Gasteiger partial charge is 0.0841 e. The summed E-state index contributed by atoms with van der Waals surface area (Å²) >= 11 is 0. The van der Waals surface area contributed by atoms with Gasteiger partial charge in [-0.3, -0.25) is 0 Å². The average Bonchev–Trinajstić information content (AvgIpc) is 1.91. The lowest BCUT2D eigenvalue weighted by Gasteiger charge is -2.33. The normalized spacial score (nSPS) is 32.0. The van der Waals surface area contributed by atoms with Gasteiger partial charge in [0.25, 0.3) is 0 Å². The summed E-state index contributed by atoms with van der Waals surface area (Å²) in [6.45, 7) is 6.11. The van der Waals surface area contributed by atoms with E-state index in [4.69, 9.17) is 4.74 Å². The zero-order valence-corrected chi connectivity index (χ0v) is 8.34. The lowest BCUT2D eigenvalue weighted by atomic mass is 9.94. The minimum Gasteiger partial charge on any atom is -0.390 e. The van der Waals surface area contributed by atoms with E-state index < -0.39 is 0 Å². The van der Waals surface area contributed by atoms with Crippen LogP contribution in [0.5, 0.6) is 0 Å². The average molecular weight is 172 g/mol. The Kier molecular flexibility index (Phi) is 3.13. The van der Waals surface area contributed by atoms with E-state index >= 15 is 0 Å². The first kappa shape index (κ1) is 10.0. The fourth-order valence-corrected chi connectivity index (χ4v) is 1.67. The molecule has 2 heteroatoms. The second kappa shape index (κ2) is 3.75. The van der Waals surface area contributed by atoms with Crippen LogP contribution < -0.4 is 0 Å². The topological polar surface area (TPSA) is 29.5 Å². The molecule has 0 aromatic carbocycles. The minimum atomic E-state index is -0.238. The Morgan fingerprint density at radius 1 is 1.17 bits per heavy atom. The van der Waals surface area contributed by atoms with Crippen molar-refractivity contribution in [2.24, 2.45) is 0 Å². The lowest BCUT2D eigenvalue weighted by molar-refractivity contribution is -0.124. The highest BCUT2D eigenvalue weighted by atomic mass is 16.5. The molecule has 12 heavy (non-hydrogen) atoms. The Bertz CT molecular complexity index is 137. The predicted octanol–water partition coefficient (Wildman–Crippen LogP) is 2.11. The maximum atomic E-state index is 9.61. The molecule has 1 fully saturated rings. The Hall–Kier alpha value is -0.0800. The van der Waals surface area contributed by atoms with Crippen LogP contribution in [0.15, 0.2) is 0 Å². The van der Waals surface area contributed by atoms with Gasteiger partial charge in [-0.1, -0.05) is 12.8 Å². The molecule has 2 atom stereocenters. The van der Waals surface area contributed by atoms with Gasteiger partial charge in [-0.05, 0) is 33.6 Å². The Morgan fingerprint density at radius 2 is 1.75 bits per heavy atom. The van der Waals surface area contributed by atoms with Gasteiger partial charge in [0.15, 0.2) is 0 Å². The van der Waals surface area contributed by atoms with E-state index in [1.807, 2.05) is 20.8 Å². The molecule has 0 aliphatic heterocycles. The van der Waals surface area contributed by atoms with Crippen LogP contribution in [0, 0.1) is 0 Å². The van der Waals surface area contributed by atoms with Crippen molar-refractivity contribution in [3.63, 3.8) is 0 Å². The van der Waals surface area contributed by atoms with Crippen molar-refractivity contribution < 1.29 is 9.84 Å². The summed E-state index contributed by atoms with van der Waals surface area (Å²) in [6.07, 6.45) is 4.08. The van der Waals surface area contributed by atoms with Crippen LogP contribution in [0.3, 0.4) is 0 Å². The molecule has 1 rings (SSSR count). The number of aliphatic hydroxyl groups is 1. The van der Waals surface area contributed by atoms with E-state index in [0.717, 1.165) is 19.3 Å². The van der Waals surface area contributed by atoms with Crippen LogP contribution >= 0.6 is 0 Å². The van der Waals surface area contributed by atoms with Crippen LogP contribution in [-0.4, -0.2) is 22.9 Å². The number of aliphatic hydroxyl groups excluding tert-OH is 1. The SMILES string of the molecule is CC(C)(C)O[C@H]1CCCC[C@H]1O. The van der Waals surface area contributed by atoms with E-state index in [1.54, 1.807) is 0 Å². The van der Waals surface area contributed by atoms with E-state index in [-0.39, 0.29) is 17.8 Å². The first-order chi connectivity index (χ1) is 5.49. The van der Waals surface area contributed by atoms with Crippen molar-refractivity contribution in [2.45, 2.75) is 64.3 Å². The van der Waals surface area contributed by atoms with Gasteiger partial charge in [0, 0.05) is 0 Å². The first-order valence-corrected chi connectivity index (χ1v) is 4.85. The van der Waals surface area contributed by atoms with Crippen LogP contribution in [0.2, 0.25) is 0 Å². The van der Waals surface area contributed by atoms with E-state index in [1.165, 1.54) is 6.42 Å². The van der Waals surface area contributed by atoms with Crippen LogP contribution in [-0.2, 0) is 4.74 Å². The van der Waals surface area contributed by atoms with Gasteiger partial charge in [0.05, 0.1) is 17.8 Å². The molecule has 0 aromatic rings. The summed E-state index contributed by atoms with van der Waals surface area (Å²) in [5.41, 5.74) is -0.122. The van der Waals surface area contributed by atoms with Crippen molar-refractivity contribution >= 4 is 0 Å². The Labute approximate surface area is 74.9 Å². The zero-order valence-electron chi connectivity index (χ0n) is 8.34. The van der Waals surface area contributed by atoms with Gasteiger partial charge in [0.2, 0.25) is 0 Å². The van der Waals surface area contributed by atoms with Crippen molar-refractivity contribution in [2.75, 3.05) is 0 Å². The first-order valence-electron chi connectivity index (χ1n) is 4.85. The molecule has 1 saturated carbocycles. The summed E-state index contributed by atoms with van der Waals surface area (Å²) in [7, 11) is 0. The van der Waals surface area contributed by atoms with Crippen molar-refractivity contribution in [3.05, 3.63) is 0 Å². The Balaban J connectivity index is 2.39. The molecule has 1 aliphatic rings. The van der Waals surface area contributed by atoms with Crippen molar-refractivity contribution in [1.29, 1.82) is 0 Å². The van der Waals surface area contributed by atoms with E-state index in [0.29, 0.717) is 0 Å². The molecule has 0 radical (unpaired) electrons. The number of ether oxygens (including phenoxy) is 1. The van der Waals surface area contributed by atoms with Crippen LogP contribution in [0.25, 0.3) is 0 Å². The summed E-state index contributed by atoms with van der Waals surface area (Å²) in [5.74, 6) is 0. The quantitative estimate of drug-likeness (QED) is 0.656. The van der Waals surface area contributed by atoms with Gasteiger partial charge in [-0.25, -0.2) is 0 Å². The van der Waals surface area contributed by atoms with E-state index in [2.05, 4.69) is 0 Å². The molecule has 0 heterocycles. The van der Waals surface area contributed by atoms with E-state index in [9.17, 15) is 5.11 Å². The minimum absolute atomic E-state index is 0.0683. The van der Waals surface area contributed by atoms with Crippen LogP contribution in [0.1, 0.15) is 46.5 Å². The van der Waals surface area contributed by atoms with Gasteiger partial charge in [-0.15, -0.1) is 0 Å². The third kappa shape index (κ3) is 3.11. The summed E-state index contributed by atoms with van der Waals surface area (Å²) in [5, 5.41) is 9.61. The molecule has 0 amide bonds. The molecule has 72 valence electrons. The van der Waals surface area contributed by atoms with Gasteiger partial charge < -0.3 is 9.84 Å². The molecule has 0 spiro atoms. The van der Waals surface area contributed by atoms with Gasteiger partial charge >= 0.3 is 0 Å². The molecule has 0 bridgehead atoms. The summed E-state index contributed by atoms with van der Waals surface area (Å²) < 4.78 is 5.74. The molecule has 2 nitrogen and oxygen atoms in total. The lowest BCUT2D eigenvalue weighted by Crippen LogP contribution is -2.38. The van der Waals surface area contributed by atoms with Crippen molar-refractivity contribution in [1.82, 2.24) is 0 Å². The predicted molar refractivity (Wildman–Crippen MR) is 49.1 cm³/mol. The maximum absolute atomic E-state index is 9.61. The van der Waals surface area contributed by atoms with Gasteiger partial charge in [-0.2, -0.15) is 0 Å². The third-order valence-corrected chi connectivity index (χ3v) is 2.17. The monoisotopic (exact) mass is 172 g/mol. The third-order valence-electron chi connectivity index (χ3n) is 2.17. The van der Waals surface area contributed by atoms with Crippen LogP contribution in [0.4, 0.5) is 0 Å². The number of hydrogen-bond acceptors (Lipinski definition) is 2. The standard InChI is InChI=1S/C10H20O2/c1-10(2,3)12-9-7-5-4-6-8(9)11/h8-9,11H,4-7H2,1-3H3/t8-,9+/m1/s1. The van der Waals surface area contributed by atoms with Gasteiger partial charge in [0.1, 0.15) is 0 Å². The molecular formula is C10H20O2. The van der Waals surface area contributed by atoms with Crippen molar-refractivity contribution in [3.8, 4) is 0 Å². The summed E-state index contributed by atoms with van der Waals surface area (Å²) in [6, 6.07) is 0. The highest BCUT2D eigenvalue weighted by molar-refractivity contribution is 4.77. The molecule has 1 N–H and O–H groups in total. The molecule has 0 saturated heterocycles. The number of rotatable bonds is 1. The number of hydrogen-bond donors (Lipinski definition) is 1. The maximum Gasteiger partial charge on any atom is 0.0841 e. The molecule has 0 unspecified atom stereocenters. The fraction of sp³-hybridized carbons (Fsp3) is 1.00. The molecule has 0 aromatic heterocycles. The Morgan fingerprint density at radius 3 is 2.25 bits per heavy atom. The highest BCUT2D eigenvalue weighted by Gasteiger charge is 2.27. The zero-order chi connectivity index (χ0) is 9.19.